The summed E-state index contributed by atoms with van der Waals surface area (Å²) in [5.41, 5.74) is 1.66. The van der Waals surface area contributed by atoms with Gasteiger partial charge in [0.1, 0.15) is 11.4 Å². The van der Waals surface area contributed by atoms with E-state index in [4.69, 9.17) is 33.0 Å². The highest BCUT2D eigenvalue weighted by Crippen LogP contribution is 2.38. The fraction of sp³-hybridized carbons (Fsp3) is 0.154. The van der Waals surface area contributed by atoms with Crippen LogP contribution in [0.2, 0.25) is 10.0 Å². The Labute approximate surface area is 115 Å². The standard InChI is InChI=1S/C13H11Cl2NO2/c1-18-11-6-5-8(7-17)16-13(11)12-9(14)3-2-4-10(12)15/h2-6,17H,7H2,1H3. The van der Waals surface area contributed by atoms with Gasteiger partial charge in [-0.3, -0.25) is 0 Å². The summed E-state index contributed by atoms with van der Waals surface area (Å²) in [6.45, 7) is -0.154. The van der Waals surface area contributed by atoms with Gasteiger partial charge in [0, 0.05) is 5.56 Å². The number of pyridine rings is 1. The van der Waals surface area contributed by atoms with Gasteiger partial charge in [0.15, 0.2) is 0 Å². The molecule has 5 heteroatoms. The van der Waals surface area contributed by atoms with Gasteiger partial charge in [-0.2, -0.15) is 0 Å². The molecule has 0 saturated carbocycles. The fourth-order valence-electron chi connectivity index (χ4n) is 1.64. The van der Waals surface area contributed by atoms with Crippen LogP contribution in [-0.4, -0.2) is 17.2 Å². The van der Waals surface area contributed by atoms with Gasteiger partial charge >= 0.3 is 0 Å². The van der Waals surface area contributed by atoms with E-state index in [1.165, 1.54) is 0 Å². The Morgan fingerprint density at radius 3 is 2.39 bits per heavy atom. The number of benzene rings is 1. The molecular weight excluding hydrogens is 273 g/mol. The maximum Gasteiger partial charge on any atom is 0.145 e. The van der Waals surface area contributed by atoms with Crippen molar-refractivity contribution < 1.29 is 9.84 Å². The third kappa shape index (κ3) is 2.43. The number of ether oxygens (including phenoxy) is 1. The Hall–Kier alpha value is -1.29. The van der Waals surface area contributed by atoms with Gasteiger partial charge in [-0.1, -0.05) is 29.3 Å². The van der Waals surface area contributed by atoms with Crippen molar-refractivity contribution in [3.63, 3.8) is 0 Å². The highest BCUT2D eigenvalue weighted by molar-refractivity contribution is 6.39. The number of aromatic nitrogens is 1. The zero-order valence-electron chi connectivity index (χ0n) is 9.65. The maximum atomic E-state index is 9.14. The Morgan fingerprint density at radius 1 is 1.17 bits per heavy atom. The van der Waals surface area contributed by atoms with Crippen LogP contribution in [0.3, 0.4) is 0 Å². The van der Waals surface area contributed by atoms with Crippen molar-refractivity contribution in [2.24, 2.45) is 0 Å². The number of hydrogen-bond acceptors (Lipinski definition) is 3. The molecule has 0 amide bonds. The maximum absolute atomic E-state index is 9.14. The Balaban J connectivity index is 2.68. The molecule has 1 N–H and O–H groups in total. The molecule has 0 saturated heterocycles. The van der Waals surface area contributed by atoms with E-state index in [1.54, 1.807) is 37.4 Å². The molecule has 0 aliphatic carbocycles. The van der Waals surface area contributed by atoms with Crippen LogP contribution in [0.5, 0.6) is 5.75 Å². The van der Waals surface area contributed by atoms with Crippen molar-refractivity contribution >= 4 is 23.2 Å². The highest BCUT2D eigenvalue weighted by atomic mass is 35.5. The van der Waals surface area contributed by atoms with Crippen molar-refractivity contribution in [3.8, 4) is 17.0 Å². The van der Waals surface area contributed by atoms with E-state index in [0.717, 1.165) is 0 Å². The number of halogens is 2. The first-order valence-electron chi connectivity index (χ1n) is 5.26. The van der Waals surface area contributed by atoms with Crippen LogP contribution in [0.1, 0.15) is 5.69 Å². The number of hydrogen-bond donors (Lipinski definition) is 1. The Morgan fingerprint density at radius 2 is 1.83 bits per heavy atom. The molecule has 3 nitrogen and oxygen atoms in total. The van der Waals surface area contributed by atoms with Crippen molar-refractivity contribution in [1.29, 1.82) is 0 Å². The van der Waals surface area contributed by atoms with E-state index in [9.17, 15) is 0 Å². The minimum absolute atomic E-state index is 0.154. The molecule has 0 radical (unpaired) electrons. The first-order valence-corrected chi connectivity index (χ1v) is 6.02. The second kappa shape index (κ2) is 5.57. The zero-order valence-corrected chi connectivity index (χ0v) is 11.2. The predicted octanol–water partition coefficient (Wildman–Crippen LogP) is 3.56. The smallest absolute Gasteiger partial charge is 0.145 e. The molecule has 2 rings (SSSR count). The molecule has 0 aliphatic rings. The summed E-state index contributed by atoms with van der Waals surface area (Å²) in [5, 5.41) is 10.1. The van der Waals surface area contributed by atoms with Gasteiger partial charge in [0.2, 0.25) is 0 Å². The van der Waals surface area contributed by atoms with Crippen LogP contribution in [0.4, 0.5) is 0 Å². The van der Waals surface area contributed by atoms with Gasteiger partial charge in [-0.25, -0.2) is 4.98 Å². The van der Waals surface area contributed by atoms with Crippen LogP contribution in [0, 0.1) is 0 Å². The highest BCUT2D eigenvalue weighted by Gasteiger charge is 2.15. The lowest BCUT2D eigenvalue weighted by atomic mass is 10.1. The summed E-state index contributed by atoms with van der Waals surface area (Å²) in [4.78, 5) is 4.31. The van der Waals surface area contributed by atoms with Crippen molar-refractivity contribution in [2.45, 2.75) is 6.61 Å². The number of nitrogens with zero attached hydrogens (tertiary/aromatic N) is 1. The summed E-state index contributed by atoms with van der Waals surface area (Å²) < 4.78 is 5.25. The minimum atomic E-state index is -0.154. The van der Waals surface area contributed by atoms with Gasteiger partial charge in [-0.05, 0) is 24.3 Å². The molecule has 0 unspecified atom stereocenters. The summed E-state index contributed by atoms with van der Waals surface area (Å²) >= 11 is 12.3. The minimum Gasteiger partial charge on any atom is -0.494 e. The molecule has 18 heavy (non-hydrogen) atoms. The lowest BCUT2D eigenvalue weighted by Gasteiger charge is -2.11. The normalized spacial score (nSPS) is 10.4. The van der Waals surface area contributed by atoms with Gasteiger partial charge in [-0.15, -0.1) is 0 Å². The Bertz CT molecular complexity index is 553. The molecule has 0 fully saturated rings. The molecule has 1 aromatic heterocycles. The fourth-order valence-corrected chi connectivity index (χ4v) is 2.22. The topological polar surface area (TPSA) is 42.4 Å². The molecule has 0 spiro atoms. The number of methoxy groups -OCH3 is 1. The number of aliphatic hydroxyl groups excluding tert-OH is 1. The van der Waals surface area contributed by atoms with E-state index in [-0.39, 0.29) is 6.61 Å². The van der Waals surface area contributed by atoms with Crippen LogP contribution < -0.4 is 4.74 Å². The molecule has 1 aromatic carbocycles. The largest absolute Gasteiger partial charge is 0.494 e. The predicted molar refractivity (Wildman–Crippen MR) is 72.2 cm³/mol. The SMILES string of the molecule is COc1ccc(CO)nc1-c1c(Cl)cccc1Cl. The van der Waals surface area contributed by atoms with Crippen molar-refractivity contribution in [1.82, 2.24) is 4.98 Å². The third-order valence-corrected chi connectivity index (χ3v) is 3.13. The molecular formula is C13H11Cl2NO2. The van der Waals surface area contributed by atoms with Crippen LogP contribution >= 0.6 is 23.2 Å². The molecule has 94 valence electrons. The monoisotopic (exact) mass is 283 g/mol. The summed E-state index contributed by atoms with van der Waals surface area (Å²) in [6.07, 6.45) is 0. The number of rotatable bonds is 3. The summed E-state index contributed by atoms with van der Waals surface area (Å²) in [6, 6.07) is 8.64. The average Bonchev–Trinajstić information content (AvgIpc) is 2.38. The molecule has 1 heterocycles. The Kier molecular flexibility index (Phi) is 4.07. The summed E-state index contributed by atoms with van der Waals surface area (Å²) in [7, 11) is 1.55. The first kappa shape index (κ1) is 13.1. The average molecular weight is 284 g/mol. The van der Waals surface area contributed by atoms with Crippen LogP contribution in [0.15, 0.2) is 30.3 Å². The quantitative estimate of drug-likeness (QED) is 0.937. The third-order valence-electron chi connectivity index (χ3n) is 2.50. The number of aliphatic hydroxyl groups is 1. The van der Waals surface area contributed by atoms with Crippen LogP contribution in [-0.2, 0) is 6.61 Å². The van der Waals surface area contributed by atoms with Gasteiger partial charge < -0.3 is 9.84 Å². The van der Waals surface area contributed by atoms with E-state index in [0.29, 0.717) is 32.7 Å². The molecule has 2 aromatic rings. The van der Waals surface area contributed by atoms with Crippen LogP contribution in [0.25, 0.3) is 11.3 Å². The molecule has 0 bridgehead atoms. The molecule has 0 aliphatic heterocycles. The van der Waals surface area contributed by atoms with Gasteiger partial charge in [0.25, 0.3) is 0 Å². The van der Waals surface area contributed by atoms with E-state index < -0.39 is 0 Å². The van der Waals surface area contributed by atoms with Crippen molar-refractivity contribution in [3.05, 3.63) is 46.1 Å². The van der Waals surface area contributed by atoms with E-state index >= 15 is 0 Å². The molecule has 0 atom stereocenters. The lowest BCUT2D eigenvalue weighted by molar-refractivity contribution is 0.276. The summed E-state index contributed by atoms with van der Waals surface area (Å²) in [5.74, 6) is 0.558. The first-order chi connectivity index (χ1) is 8.67. The van der Waals surface area contributed by atoms with Crippen molar-refractivity contribution in [2.75, 3.05) is 7.11 Å². The lowest BCUT2D eigenvalue weighted by Crippen LogP contribution is -1.97. The second-order valence-corrected chi connectivity index (χ2v) is 4.42. The second-order valence-electron chi connectivity index (χ2n) is 3.61. The van der Waals surface area contributed by atoms with Gasteiger partial charge in [0.05, 0.1) is 29.5 Å². The zero-order chi connectivity index (χ0) is 13.1. The van der Waals surface area contributed by atoms with E-state index in [1.807, 2.05) is 0 Å². The van der Waals surface area contributed by atoms with E-state index in [2.05, 4.69) is 4.98 Å².